The van der Waals surface area contributed by atoms with Crippen LogP contribution in [0.1, 0.15) is 79.4 Å². The zero-order chi connectivity index (χ0) is 105. The smallest absolute Gasteiger partial charge is 0.351 e. The van der Waals surface area contributed by atoms with Gasteiger partial charge in [0.15, 0.2) is 60.6 Å². The number of rotatable bonds is 52. The number of hydrogen-bond donors (Lipinski definition) is 8. The SMILES string of the molecule is CC[C@H]1O[C@@H](n2cc(C)c(N)nc2=O)C[C@H]1OP([O-])(=S)OC[C@H]1O[C@@H](n2cnc3c(=O)[nH]c(N)nc32)C(OCCOC)[C@H]1OP(=O)([O-])OC[C@H]1O[C@@H](n2cc(C)c(N)nc2=O)C(OCCOC)[C@H]1OP(=O)([O-])OC[C@H]1O[C@@H](n2cnc3c(N)ncnc32)C(OCCOC)[C@H]1OP(=O)([S-])OC[C@H]1O[C@@H](n2cc(C)c(N)nc2=O)C(OCCOC)[C@H]1OP([O-])(=S)OC[C@H]1O[C@@H](n2cc(C)c(N)nc2=O)C(OCCOC)[C@H]1O. The number of fused-ring (bicyclic) bond motifs is 2. The highest BCUT2D eigenvalue weighted by molar-refractivity contribution is 8.32. The Balaban J connectivity index is 0.760. The molecule has 0 bridgehead atoms. The minimum absolute atomic E-state index is 0.00469. The summed E-state index contributed by atoms with van der Waals surface area (Å²) >= 11 is 16.7. The fourth-order valence-electron chi connectivity index (χ4n) is 16.4. The van der Waals surface area contributed by atoms with Gasteiger partial charge in [-0.3, -0.25) is 50.9 Å². The Kier molecular flexibility index (Phi) is 38.0. The van der Waals surface area contributed by atoms with E-state index in [4.69, 9.17) is 191 Å². The predicted molar refractivity (Wildman–Crippen MR) is 498 cm³/mol. The lowest BCUT2D eigenvalue weighted by molar-refractivity contribution is -0.241. The number of imidazole rings is 2. The van der Waals surface area contributed by atoms with Crippen LogP contribution in [-0.4, -0.2) is 321 Å². The standard InChI is InChI=1S/C76H113N22O39P5S3/c1-11-39-40(22-46(127-39)93-23-35(2)59(77)87-73(93)101)133-140(109,143)125-30-44-51(56(119-19-14-114-8)71(132-44)98-34-86-48-65(98)91-72(82)92-66(48)100)135-138(105,106)122-28-42-50(55(118-18-13-113-7)68(129-42)95-25-37(4)61(79)89-75(95)103)134-139(107,108)123-29-43-52(58(121-21-16-116-10)70(131-43)97-33-85-47-63(81)83-32-84-64(47)97)136-142(111,145)126-31-45-53(57(120-20-15-115-9)69(130-45)96-26-38(5)62(80)90-76(96)104)137-141(110,144)124-27-41-49(99)54(117-17-12-112-6)67(128-41)94-24-36(3)60(78)88-74(94)102/h23-26,32-34,39-46,49-58,67-71,99H,11-22,27-31H2,1-10H3,(H,105,106)(H,107,108)(H,109,143)(H,110,144)(H,111,145)(H2,77,87,101)(H2,78,88,102)(H2,79,89,103)(H2,80,90,104)(H2,81,83,84)(H3,82,91,92,100)/p-5/t39-,40-,41-,42-,43-,44-,45-,46-,49+,50+,51+,52+,53+,54?,55?,56?,57?,58?,67-,68-,69-,70-,71-,140?,141?,142?/m1/s1. The number of nitrogens with zero attached hydrogens (tertiary/aromatic N) is 15. The molecule has 10 unspecified atom stereocenters. The van der Waals surface area contributed by atoms with Gasteiger partial charge in [-0.1, -0.05) is 30.5 Å². The molecule has 0 spiro atoms. The van der Waals surface area contributed by atoms with Crippen LogP contribution in [0.5, 0.6) is 0 Å². The molecular weight excluding hydrogens is 2100 g/mol. The van der Waals surface area contributed by atoms with Gasteiger partial charge in [0.25, 0.3) is 21.2 Å². The van der Waals surface area contributed by atoms with Gasteiger partial charge in [-0.15, -0.1) is 0 Å². The van der Waals surface area contributed by atoms with Crippen LogP contribution in [0.3, 0.4) is 0 Å². The van der Waals surface area contributed by atoms with Crippen LogP contribution < -0.4 is 82.3 Å². The molecule has 14 heterocycles. The van der Waals surface area contributed by atoms with Crippen molar-refractivity contribution in [3.63, 3.8) is 0 Å². The molecule has 28 atom stereocenters. The van der Waals surface area contributed by atoms with Gasteiger partial charge in [0.05, 0.1) is 124 Å². The molecule has 145 heavy (non-hydrogen) atoms. The number of anilines is 6. The Morgan fingerprint density at radius 3 is 1.20 bits per heavy atom. The van der Waals surface area contributed by atoms with E-state index in [1.54, 1.807) is 20.8 Å². The zero-order valence-corrected chi connectivity index (χ0v) is 85.9. The number of nitrogens with two attached hydrogens (primary N) is 6. The van der Waals surface area contributed by atoms with E-state index in [0.717, 1.165) is 37.1 Å². The van der Waals surface area contributed by atoms with Crippen LogP contribution in [0.15, 0.2) is 67.7 Å². The van der Waals surface area contributed by atoms with E-state index in [1.165, 1.54) is 83.4 Å². The van der Waals surface area contributed by atoms with Crippen molar-refractivity contribution in [3.05, 3.63) is 118 Å². The number of phosphoric ester groups is 2. The molecule has 0 saturated carbocycles. The van der Waals surface area contributed by atoms with E-state index in [-0.39, 0.29) is 135 Å². The Hall–Kier alpha value is -7.68. The van der Waals surface area contributed by atoms with Gasteiger partial charge < -0.3 is 192 Å². The van der Waals surface area contributed by atoms with Crippen molar-refractivity contribution < 1.29 is 159 Å². The summed E-state index contributed by atoms with van der Waals surface area (Å²) in [5.74, 6) is -1.12. The van der Waals surface area contributed by atoms with Crippen LogP contribution in [0.4, 0.5) is 35.0 Å². The lowest BCUT2D eigenvalue weighted by Crippen LogP contribution is -2.42. The average Bonchev–Trinajstić information content (AvgIpc) is 1.60. The number of methoxy groups -OCH3 is 5. The van der Waals surface area contributed by atoms with Crippen molar-refractivity contribution >= 4 is 129 Å². The van der Waals surface area contributed by atoms with Gasteiger partial charge in [0.2, 0.25) is 5.95 Å². The molecule has 8 aromatic rings. The first-order chi connectivity index (χ1) is 68.9. The van der Waals surface area contributed by atoms with Crippen molar-refractivity contribution in [1.82, 2.24) is 77.2 Å². The van der Waals surface area contributed by atoms with Crippen molar-refractivity contribution in [2.24, 2.45) is 0 Å². The van der Waals surface area contributed by atoms with Crippen molar-refractivity contribution in [1.29, 1.82) is 0 Å². The maximum atomic E-state index is 15.6. The number of hydrogen-bond acceptors (Lipinski definition) is 57. The molecule has 0 radical (unpaired) electrons. The second-order valence-electron chi connectivity index (χ2n) is 33.2. The molecule has 804 valence electrons. The summed E-state index contributed by atoms with van der Waals surface area (Å²) < 4.78 is 208. The number of H-pyrrole nitrogens is 1. The van der Waals surface area contributed by atoms with Crippen LogP contribution in [-0.2, 0) is 171 Å². The molecule has 6 fully saturated rings. The minimum Gasteiger partial charge on any atom is -0.780 e. The van der Waals surface area contributed by atoms with E-state index < -0.39 is 251 Å². The van der Waals surface area contributed by atoms with Crippen molar-refractivity contribution in [3.8, 4) is 0 Å². The third-order valence-electron chi connectivity index (χ3n) is 23.5. The molecule has 14 N–H and O–H groups in total. The second kappa shape index (κ2) is 48.7. The van der Waals surface area contributed by atoms with Gasteiger partial charge in [-0.05, 0) is 34.1 Å². The number of nitrogen functional groups attached to an aromatic ring is 6. The summed E-state index contributed by atoms with van der Waals surface area (Å²) in [4.78, 5) is 167. The van der Waals surface area contributed by atoms with E-state index >= 15 is 23.5 Å². The van der Waals surface area contributed by atoms with Crippen LogP contribution >= 0.6 is 35.9 Å². The number of ether oxygens (including phenoxy) is 16. The molecule has 69 heteroatoms. The van der Waals surface area contributed by atoms with E-state index in [1.807, 2.05) is 0 Å². The summed E-state index contributed by atoms with van der Waals surface area (Å²) in [7, 11) is -5.69. The Bertz CT molecular complexity index is 6420. The number of aryl methyl sites for hydroxylation is 4. The lowest BCUT2D eigenvalue weighted by Gasteiger charge is -2.36. The number of aliphatic hydroxyl groups excluding tert-OH is 1. The monoisotopic (exact) mass is 2200 g/mol. The summed E-state index contributed by atoms with van der Waals surface area (Å²) in [5, 5.41) is 11.8. The van der Waals surface area contributed by atoms with Crippen LogP contribution in [0.25, 0.3) is 22.3 Å². The lowest BCUT2D eigenvalue weighted by atomic mass is 10.1. The van der Waals surface area contributed by atoms with Gasteiger partial charge in [0, 0.05) is 89.0 Å². The summed E-state index contributed by atoms with van der Waals surface area (Å²) in [5.41, 5.74) is 32.3. The van der Waals surface area contributed by atoms with Gasteiger partial charge >= 0.3 is 22.8 Å². The highest BCUT2D eigenvalue weighted by Crippen LogP contribution is 2.57. The Morgan fingerprint density at radius 1 is 0.414 bits per heavy atom. The molecule has 0 aliphatic carbocycles. The topological polar surface area (TPSA) is 807 Å². The normalized spacial score (nSPS) is 29.2. The average molecular weight is 2200 g/mol. The van der Waals surface area contributed by atoms with Gasteiger partial charge in [0.1, 0.15) is 146 Å². The van der Waals surface area contributed by atoms with E-state index in [2.05, 4.69) is 49.8 Å². The molecule has 0 aromatic carbocycles. The quantitative estimate of drug-likeness (QED) is 0.0103. The van der Waals surface area contributed by atoms with Crippen LogP contribution in [0.2, 0.25) is 0 Å². The first-order valence-electron chi connectivity index (χ1n) is 44.3. The predicted octanol–water partition coefficient (Wildman–Crippen LogP) is -3.81. The van der Waals surface area contributed by atoms with E-state index in [9.17, 15) is 38.9 Å². The highest BCUT2D eigenvalue weighted by atomic mass is 32.7. The van der Waals surface area contributed by atoms with Crippen LogP contribution in [0, 0.1) is 27.7 Å². The third kappa shape index (κ3) is 26.9. The number of nitrogens with one attached hydrogen (secondary N) is 1. The zero-order valence-electron chi connectivity index (χ0n) is 78.9. The molecular formula is C76H108N22O39P5S3-5. The minimum atomic E-state index is -6.21. The molecule has 61 nitrogen and oxygen atoms in total. The number of aromatic nitrogens is 16. The Labute approximate surface area is 837 Å². The fourth-order valence-corrected chi connectivity index (χ4v) is 22.6. The molecule has 6 aliphatic heterocycles. The first-order valence-corrected chi connectivity index (χ1v) is 54.9. The summed E-state index contributed by atoms with van der Waals surface area (Å²) in [6, 6.07) is 0. The third-order valence-corrected chi connectivity index (χ3v) is 30.1. The molecule has 6 saturated heterocycles. The molecule has 8 aromatic heterocycles. The first kappa shape index (κ1) is 113. The molecule has 14 rings (SSSR count). The highest BCUT2D eigenvalue weighted by Gasteiger charge is 2.57. The summed E-state index contributed by atoms with van der Waals surface area (Å²) in [6.07, 6.45) is -29.8. The molecule has 0 amide bonds. The number of aliphatic hydroxyl groups is 1. The fraction of sp³-hybridized carbons (Fsp3) is 0.658. The maximum Gasteiger partial charge on any atom is 0.351 e. The number of phosphoric acid groups is 2. The van der Waals surface area contributed by atoms with Gasteiger partial charge in [-0.2, -0.15) is 24.9 Å². The number of aromatic amines is 1. The second-order valence-corrected chi connectivity index (χ2v) is 44.1. The van der Waals surface area contributed by atoms with Crippen molar-refractivity contribution in [2.45, 2.75) is 189 Å². The van der Waals surface area contributed by atoms with Gasteiger partial charge in [-0.25, -0.2) is 39.1 Å². The molecule has 6 aliphatic rings. The largest absolute Gasteiger partial charge is 0.780 e. The van der Waals surface area contributed by atoms with E-state index in [0.29, 0.717) is 11.1 Å². The Morgan fingerprint density at radius 2 is 0.766 bits per heavy atom. The van der Waals surface area contributed by atoms with Crippen molar-refractivity contribution in [2.75, 3.05) is 169 Å². The summed E-state index contributed by atoms with van der Waals surface area (Å²) in [6.45, 7) is -15.3. The maximum absolute atomic E-state index is 15.6.